The molecule has 3 rings (SSSR count). The van der Waals surface area contributed by atoms with Gasteiger partial charge in [-0.3, -0.25) is 4.79 Å². The van der Waals surface area contributed by atoms with Crippen molar-refractivity contribution >= 4 is 23.0 Å². The van der Waals surface area contributed by atoms with Gasteiger partial charge in [0.1, 0.15) is 5.69 Å². The van der Waals surface area contributed by atoms with Crippen LogP contribution in [0.2, 0.25) is 0 Å². The van der Waals surface area contributed by atoms with Crippen molar-refractivity contribution in [2.24, 2.45) is 5.92 Å². The molecule has 2 heterocycles. The van der Waals surface area contributed by atoms with Gasteiger partial charge in [0.15, 0.2) is 0 Å². The molecule has 1 amide bonds. The number of rotatable bonds is 7. The third kappa shape index (κ3) is 5.71. The predicted molar refractivity (Wildman–Crippen MR) is 112 cm³/mol. The van der Waals surface area contributed by atoms with Crippen molar-refractivity contribution in [3.8, 4) is 0 Å². The zero-order valence-corrected chi connectivity index (χ0v) is 16.4. The van der Waals surface area contributed by atoms with Crippen LogP contribution in [0.1, 0.15) is 50.0 Å². The Balaban J connectivity index is 1.54. The molecule has 1 aliphatic rings. The van der Waals surface area contributed by atoms with Crippen molar-refractivity contribution in [2.75, 3.05) is 29.9 Å². The summed E-state index contributed by atoms with van der Waals surface area (Å²) in [5.74, 6) is 0.458. The molecule has 0 bridgehead atoms. The number of hydrogen-bond acceptors (Lipinski definition) is 4. The second-order valence-electron chi connectivity index (χ2n) is 7.59. The van der Waals surface area contributed by atoms with Gasteiger partial charge in [-0.15, -0.1) is 0 Å². The van der Waals surface area contributed by atoms with Gasteiger partial charge in [-0.2, -0.15) is 0 Å². The van der Waals surface area contributed by atoms with Crippen LogP contribution in [-0.2, 0) is 0 Å². The van der Waals surface area contributed by atoms with Crippen LogP contribution >= 0.6 is 0 Å². The highest BCUT2D eigenvalue weighted by Crippen LogP contribution is 2.23. The predicted octanol–water partition coefficient (Wildman–Crippen LogP) is 4.59. The Labute approximate surface area is 162 Å². The number of benzene rings is 1. The highest BCUT2D eigenvalue weighted by molar-refractivity contribution is 5.92. The summed E-state index contributed by atoms with van der Waals surface area (Å²) in [5.41, 5.74) is 3.63. The molecule has 0 radical (unpaired) electrons. The Hall–Kier alpha value is -2.56. The Morgan fingerprint density at radius 2 is 1.74 bits per heavy atom. The molecule has 1 fully saturated rings. The number of hydrogen-bond donors (Lipinski definition) is 2. The second kappa shape index (κ2) is 9.40. The SMILES string of the molecule is CC(C)CCNC(=O)c1ccc(Nc2ccc(N3CCCCC3)cc2)cn1. The van der Waals surface area contributed by atoms with E-state index in [9.17, 15) is 4.79 Å². The van der Waals surface area contributed by atoms with Gasteiger partial charge >= 0.3 is 0 Å². The molecule has 1 saturated heterocycles. The van der Waals surface area contributed by atoms with Crippen LogP contribution in [0.25, 0.3) is 0 Å². The Kier molecular flexibility index (Phi) is 6.69. The summed E-state index contributed by atoms with van der Waals surface area (Å²) < 4.78 is 0. The van der Waals surface area contributed by atoms with Gasteiger partial charge in [0.25, 0.3) is 5.91 Å². The summed E-state index contributed by atoms with van der Waals surface area (Å²) in [7, 11) is 0. The van der Waals surface area contributed by atoms with Crippen molar-refractivity contribution < 1.29 is 4.79 Å². The van der Waals surface area contributed by atoms with Crippen LogP contribution in [-0.4, -0.2) is 30.5 Å². The van der Waals surface area contributed by atoms with Gasteiger partial charge in [0, 0.05) is 31.0 Å². The van der Waals surface area contributed by atoms with E-state index < -0.39 is 0 Å². The van der Waals surface area contributed by atoms with E-state index in [1.54, 1.807) is 12.3 Å². The Morgan fingerprint density at radius 3 is 2.37 bits per heavy atom. The van der Waals surface area contributed by atoms with E-state index in [1.807, 2.05) is 6.07 Å². The fourth-order valence-electron chi connectivity index (χ4n) is 3.24. The summed E-state index contributed by atoms with van der Waals surface area (Å²) in [6.45, 7) is 7.27. The molecule has 1 aromatic heterocycles. The molecule has 0 atom stereocenters. The van der Waals surface area contributed by atoms with E-state index in [0.717, 1.165) is 30.9 Å². The molecule has 1 aliphatic heterocycles. The van der Waals surface area contributed by atoms with Crippen molar-refractivity contribution in [3.63, 3.8) is 0 Å². The highest BCUT2D eigenvalue weighted by Gasteiger charge is 2.11. The molecular formula is C22H30N4O. The van der Waals surface area contributed by atoms with Crippen LogP contribution in [0.15, 0.2) is 42.6 Å². The van der Waals surface area contributed by atoms with Crippen molar-refractivity contribution in [1.29, 1.82) is 0 Å². The summed E-state index contributed by atoms with van der Waals surface area (Å²) in [4.78, 5) is 18.8. The van der Waals surface area contributed by atoms with Crippen LogP contribution in [0.5, 0.6) is 0 Å². The van der Waals surface area contributed by atoms with E-state index in [-0.39, 0.29) is 5.91 Å². The maximum Gasteiger partial charge on any atom is 0.269 e. The normalized spacial score (nSPS) is 14.3. The van der Waals surface area contributed by atoms with Crippen molar-refractivity contribution in [2.45, 2.75) is 39.5 Å². The zero-order chi connectivity index (χ0) is 19.1. The lowest BCUT2D eigenvalue weighted by atomic mass is 10.1. The second-order valence-corrected chi connectivity index (χ2v) is 7.59. The van der Waals surface area contributed by atoms with Gasteiger partial charge in [-0.25, -0.2) is 4.98 Å². The topological polar surface area (TPSA) is 57.3 Å². The third-order valence-corrected chi connectivity index (χ3v) is 4.88. The highest BCUT2D eigenvalue weighted by atomic mass is 16.1. The molecule has 0 aliphatic carbocycles. The lowest BCUT2D eigenvalue weighted by Crippen LogP contribution is -2.29. The van der Waals surface area contributed by atoms with Crippen LogP contribution in [0.3, 0.4) is 0 Å². The number of pyridine rings is 1. The maximum atomic E-state index is 12.1. The lowest BCUT2D eigenvalue weighted by Gasteiger charge is -2.28. The molecule has 2 N–H and O–H groups in total. The first-order chi connectivity index (χ1) is 13.1. The van der Waals surface area contributed by atoms with Gasteiger partial charge in [0.2, 0.25) is 0 Å². The van der Waals surface area contributed by atoms with Crippen LogP contribution in [0, 0.1) is 5.92 Å². The minimum atomic E-state index is -0.118. The summed E-state index contributed by atoms with van der Waals surface area (Å²) >= 11 is 0. The number of piperidine rings is 1. The minimum Gasteiger partial charge on any atom is -0.372 e. The first-order valence-electron chi connectivity index (χ1n) is 9.98. The quantitative estimate of drug-likeness (QED) is 0.752. The zero-order valence-electron chi connectivity index (χ0n) is 16.4. The van der Waals surface area contributed by atoms with E-state index in [2.05, 4.69) is 58.6 Å². The molecule has 0 spiro atoms. The van der Waals surface area contributed by atoms with Crippen LogP contribution in [0.4, 0.5) is 17.1 Å². The van der Waals surface area contributed by atoms with E-state index in [1.165, 1.54) is 24.9 Å². The monoisotopic (exact) mass is 366 g/mol. The summed E-state index contributed by atoms with van der Waals surface area (Å²) in [5, 5.41) is 6.26. The molecule has 144 valence electrons. The number of aromatic nitrogens is 1. The summed E-state index contributed by atoms with van der Waals surface area (Å²) in [6, 6.07) is 12.2. The molecule has 27 heavy (non-hydrogen) atoms. The Morgan fingerprint density at radius 1 is 1.04 bits per heavy atom. The van der Waals surface area contributed by atoms with Crippen LogP contribution < -0.4 is 15.5 Å². The molecule has 5 heteroatoms. The first-order valence-corrected chi connectivity index (χ1v) is 9.98. The average molecular weight is 367 g/mol. The van der Waals surface area contributed by atoms with E-state index in [0.29, 0.717) is 18.2 Å². The van der Waals surface area contributed by atoms with Gasteiger partial charge < -0.3 is 15.5 Å². The van der Waals surface area contributed by atoms with Gasteiger partial charge in [-0.05, 0) is 68.0 Å². The fourth-order valence-corrected chi connectivity index (χ4v) is 3.24. The minimum absolute atomic E-state index is 0.118. The van der Waals surface area contributed by atoms with Crippen molar-refractivity contribution in [1.82, 2.24) is 10.3 Å². The third-order valence-electron chi connectivity index (χ3n) is 4.88. The molecule has 1 aromatic carbocycles. The van der Waals surface area contributed by atoms with Crippen molar-refractivity contribution in [3.05, 3.63) is 48.3 Å². The van der Waals surface area contributed by atoms with E-state index in [4.69, 9.17) is 0 Å². The molecule has 5 nitrogen and oxygen atoms in total. The van der Waals surface area contributed by atoms with Gasteiger partial charge in [0.05, 0.1) is 11.9 Å². The number of anilines is 3. The standard InChI is InChI=1S/C22H30N4O/c1-17(2)12-13-23-22(27)21-11-8-19(16-24-21)25-18-6-9-20(10-7-18)26-14-4-3-5-15-26/h6-11,16-17,25H,3-5,12-15H2,1-2H3,(H,23,27). The number of carbonyl (C=O) groups is 1. The number of nitrogens with zero attached hydrogens (tertiary/aromatic N) is 2. The molecule has 2 aromatic rings. The maximum absolute atomic E-state index is 12.1. The average Bonchev–Trinajstić information content (AvgIpc) is 2.69. The number of nitrogens with one attached hydrogen (secondary N) is 2. The molecule has 0 saturated carbocycles. The number of carbonyl (C=O) groups excluding carboxylic acids is 1. The fraction of sp³-hybridized carbons (Fsp3) is 0.455. The Bertz CT molecular complexity index is 719. The van der Waals surface area contributed by atoms with E-state index >= 15 is 0 Å². The molecule has 0 unspecified atom stereocenters. The smallest absolute Gasteiger partial charge is 0.269 e. The first kappa shape index (κ1) is 19.2. The number of amides is 1. The summed E-state index contributed by atoms with van der Waals surface area (Å²) in [6.07, 6.45) is 6.58. The van der Waals surface area contributed by atoms with Gasteiger partial charge in [-0.1, -0.05) is 13.8 Å². The lowest BCUT2D eigenvalue weighted by molar-refractivity contribution is 0.0947. The molecular weight excluding hydrogens is 336 g/mol. The largest absolute Gasteiger partial charge is 0.372 e.